The monoisotopic (exact) mass is 376 g/mol. The van der Waals surface area contributed by atoms with E-state index >= 15 is 0 Å². The first-order valence-electron chi connectivity index (χ1n) is 9.61. The number of ether oxygens (including phenoxy) is 1. The van der Waals surface area contributed by atoms with Crippen molar-refractivity contribution in [3.05, 3.63) is 59.4 Å². The van der Waals surface area contributed by atoms with E-state index in [0.29, 0.717) is 24.8 Å². The highest BCUT2D eigenvalue weighted by molar-refractivity contribution is 5.91. The number of carbonyl (C=O) groups is 1. The third-order valence-corrected chi connectivity index (χ3v) is 4.81. The maximum absolute atomic E-state index is 12.2. The maximum Gasteiger partial charge on any atom is 0.227 e. The van der Waals surface area contributed by atoms with Crippen LogP contribution < -0.4 is 10.1 Å². The van der Waals surface area contributed by atoms with Gasteiger partial charge in [-0.2, -0.15) is 5.10 Å². The summed E-state index contributed by atoms with van der Waals surface area (Å²) in [7, 11) is 0. The molecule has 1 fully saturated rings. The van der Waals surface area contributed by atoms with Crippen LogP contribution in [0, 0.1) is 13.8 Å². The van der Waals surface area contributed by atoms with Crippen LogP contribution in [0.1, 0.15) is 42.1 Å². The lowest BCUT2D eigenvalue weighted by molar-refractivity contribution is -0.116. The van der Waals surface area contributed by atoms with Crippen molar-refractivity contribution in [2.75, 3.05) is 11.9 Å². The highest BCUT2D eigenvalue weighted by Gasteiger charge is 2.27. The molecule has 0 unspecified atom stereocenters. The quantitative estimate of drug-likeness (QED) is 0.641. The van der Waals surface area contributed by atoms with Gasteiger partial charge < -0.3 is 10.1 Å². The van der Waals surface area contributed by atoms with E-state index in [4.69, 9.17) is 4.74 Å². The third-order valence-electron chi connectivity index (χ3n) is 4.81. The number of aromatic nitrogens is 3. The number of carbonyl (C=O) groups excluding carboxylic acids is 1. The summed E-state index contributed by atoms with van der Waals surface area (Å²) in [6.45, 7) is 4.39. The largest absolute Gasteiger partial charge is 0.493 e. The Morgan fingerprint density at radius 1 is 1.18 bits per heavy atom. The summed E-state index contributed by atoms with van der Waals surface area (Å²) in [5, 5.41) is 10.2. The van der Waals surface area contributed by atoms with Gasteiger partial charge in [-0.25, -0.2) is 4.98 Å². The summed E-state index contributed by atoms with van der Waals surface area (Å²) < 4.78 is 5.72. The second kappa shape index (κ2) is 7.84. The number of H-pyrrole nitrogens is 1. The van der Waals surface area contributed by atoms with Gasteiger partial charge in [0.15, 0.2) is 5.82 Å². The number of aromatic amines is 1. The highest BCUT2D eigenvalue weighted by atomic mass is 16.5. The van der Waals surface area contributed by atoms with Crippen molar-refractivity contribution in [1.29, 1.82) is 0 Å². The maximum atomic E-state index is 12.2. The average molecular weight is 376 g/mol. The van der Waals surface area contributed by atoms with Crippen LogP contribution in [0.3, 0.4) is 0 Å². The summed E-state index contributed by atoms with van der Waals surface area (Å²) in [6.07, 6.45) is 2.67. The summed E-state index contributed by atoms with van der Waals surface area (Å²) in [4.78, 5) is 16.7. The second-order valence-corrected chi connectivity index (χ2v) is 7.31. The molecule has 0 aliphatic heterocycles. The predicted octanol–water partition coefficient (Wildman–Crippen LogP) is 4.37. The minimum Gasteiger partial charge on any atom is -0.493 e. The van der Waals surface area contributed by atoms with Crippen molar-refractivity contribution in [2.45, 2.75) is 39.0 Å². The third kappa shape index (κ3) is 4.39. The van der Waals surface area contributed by atoms with E-state index in [9.17, 15) is 4.79 Å². The van der Waals surface area contributed by atoms with E-state index in [1.165, 1.54) is 18.4 Å². The lowest BCUT2D eigenvalue weighted by Gasteiger charge is -2.10. The van der Waals surface area contributed by atoms with Gasteiger partial charge in [0.05, 0.1) is 13.0 Å². The van der Waals surface area contributed by atoms with Crippen molar-refractivity contribution >= 4 is 11.6 Å². The van der Waals surface area contributed by atoms with Crippen LogP contribution in [0.4, 0.5) is 5.69 Å². The van der Waals surface area contributed by atoms with Gasteiger partial charge in [0.25, 0.3) is 0 Å². The fourth-order valence-electron chi connectivity index (χ4n) is 3.08. The van der Waals surface area contributed by atoms with Gasteiger partial charge in [-0.15, -0.1) is 0 Å². The predicted molar refractivity (Wildman–Crippen MR) is 108 cm³/mol. The molecule has 1 heterocycles. The fourth-order valence-corrected chi connectivity index (χ4v) is 3.08. The first kappa shape index (κ1) is 18.2. The van der Waals surface area contributed by atoms with Gasteiger partial charge in [0.1, 0.15) is 11.6 Å². The SMILES string of the molecule is Cc1ccc(OCCC(=O)Nc2ccc(-c3n[nH]c(C4CC4)n3)cc2)c(C)c1. The first-order valence-corrected chi connectivity index (χ1v) is 9.61. The molecule has 144 valence electrons. The zero-order valence-corrected chi connectivity index (χ0v) is 16.2. The Bertz CT molecular complexity index is 974. The molecule has 2 N–H and O–H groups in total. The molecular formula is C22H24N4O2. The summed E-state index contributed by atoms with van der Waals surface area (Å²) in [5.74, 6) is 2.95. The van der Waals surface area contributed by atoms with E-state index in [1.807, 2.05) is 50.2 Å². The van der Waals surface area contributed by atoms with E-state index < -0.39 is 0 Å². The van der Waals surface area contributed by atoms with Crippen molar-refractivity contribution in [3.63, 3.8) is 0 Å². The molecular weight excluding hydrogens is 352 g/mol. The molecule has 1 aromatic heterocycles. The molecule has 6 heteroatoms. The van der Waals surface area contributed by atoms with Gasteiger partial charge >= 0.3 is 0 Å². The van der Waals surface area contributed by atoms with Gasteiger partial charge in [0, 0.05) is 17.2 Å². The van der Waals surface area contributed by atoms with Crippen LogP contribution in [0.2, 0.25) is 0 Å². The summed E-state index contributed by atoms with van der Waals surface area (Å²) in [5.41, 5.74) is 3.95. The van der Waals surface area contributed by atoms with Crippen molar-refractivity contribution in [3.8, 4) is 17.1 Å². The lowest BCUT2D eigenvalue weighted by atomic mass is 10.1. The molecule has 0 bridgehead atoms. The Morgan fingerprint density at radius 3 is 2.68 bits per heavy atom. The number of nitrogens with one attached hydrogen (secondary N) is 2. The normalized spacial score (nSPS) is 13.4. The van der Waals surface area contributed by atoms with Gasteiger partial charge in [-0.05, 0) is 62.6 Å². The molecule has 0 atom stereocenters. The van der Waals surface area contributed by atoms with Crippen LogP contribution in [0.25, 0.3) is 11.4 Å². The molecule has 1 aliphatic carbocycles. The number of amides is 1. The van der Waals surface area contributed by atoms with Crippen LogP contribution >= 0.6 is 0 Å². The molecule has 3 aromatic rings. The fraction of sp³-hybridized carbons (Fsp3) is 0.318. The average Bonchev–Trinajstić information content (AvgIpc) is 3.41. The van der Waals surface area contributed by atoms with Crippen molar-refractivity contribution in [2.24, 2.45) is 0 Å². The van der Waals surface area contributed by atoms with Crippen LogP contribution in [-0.4, -0.2) is 27.7 Å². The molecule has 1 saturated carbocycles. The Morgan fingerprint density at radius 2 is 1.96 bits per heavy atom. The number of aryl methyl sites for hydroxylation is 2. The zero-order valence-electron chi connectivity index (χ0n) is 16.2. The Hall–Kier alpha value is -3.15. The highest BCUT2D eigenvalue weighted by Crippen LogP contribution is 2.38. The number of hydrogen-bond donors (Lipinski definition) is 2. The lowest BCUT2D eigenvalue weighted by Crippen LogP contribution is -2.15. The topological polar surface area (TPSA) is 79.9 Å². The van der Waals surface area contributed by atoms with Crippen LogP contribution in [0.5, 0.6) is 5.75 Å². The van der Waals surface area contributed by atoms with Gasteiger partial charge in [-0.3, -0.25) is 9.89 Å². The van der Waals surface area contributed by atoms with E-state index in [2.05, 4.69) is 26.6 Å². The Kier molecular flexibility index (Phi) is 5.10. The number of hydrogen-bond acceptors (Lipinski definition) is 4. The molecule has 0 spiro atoms. The van der Waals surface area contributed by atoms with Crippen LogP contribution in [-0.2, 0) is 4.79 Å². The van der Waals surface area contributed by atoms with Crippen molar-refractivity contribution < 1.29 is 9.53 Å². The molecule has 2 aromatic carbocycles. The first-order chi connectivity index (χ1) is 13.6. The number of nitrogens with zero attached hydrogens (tertiary/aromatic N) is 2. The van der Waals surface area contributed by atoms with Gasteiger partial charge in [-0.1, -0.05) is 17.7 Å². The van der Waals surface area contributed by atoms with E-state index in [1.54, 1.807) is 0 Å². The Balaban J connectivity index is 1.28. The second-order valence-electron chi connectivity index (χ2n) is 7.31. The van der Waals surface area contributed by atoms with Crippen molar-refractivity contribution in [1.82, 2.24) is 15.2 Å². The number of anilines is 1. The van der Waals surface area contributed by atoms with E-state index in [-0.39, 0.29) is 5.91 Å². The standard InChI is InChI=1S/C22H24N4O2/c1-14-3-10-19(15(2)13-14)28-12-11-20(27)23-18-8-6-17(7-9-18)22-24-21(25-26-22)16-4-5-16/h3,6-10,13,16H,4-5,11-12H2,1-2H3,(H,23,27)(H,24,25,26). The molecule has 1 amide bonds. The molecule has 28 heavy (non-hydrogen) atoms. The Labute approximate surface area is 164 Å². The number of rotatable bonds is 7. The number of benzene rings is 2. The molecule has 6 nitrogen and oxygen atoms in total. The smallest absolute Gasteiger partial charge is 0.227 e. The minimum atomic E-state index is -0.0774. The summed E-state index contributed by atoms with van der Waals surface area (Å²) in [6, 6.07) is 13.6. The molecule has 0 saturated heterocycles. The zero-order chi connectivity index (χ0) is 19.5. The van der Waals surface area contributed by atoms with Crippen LogP contribution in [0.15, 0.2) is 42.5 Å². The van der Waals surface area contributed by atoms with E-state index in [0.717, 1.165) is 28.4 Å². The minimum absolute atomic E-state index is 0.0774. The molecule has 0 radical (unpaired) electrons. The van der Waals surface area contributed by atoms with Gasteiger partial charge in [0.2, 0.25) is 5.91 Å². The summed E-state index contributed by atoms with van der Waals surface area (Å²) >= 11 is 0. The molecule has 4 rings (SSSR count). The molecule has 1 aliphatic rings.